The van der Waals surface area contributed by atoms with Crippen LogP contribution < -0.4 is 0 Å². The minimum atomic E-state index is -0.837. The van der Waals surface area contributed by atoms with Crippen molar-refractivity contribution < 1.29 is 9.90 Å². The van der Waals surface area contributed by atoms with E-state index in [0.29, 0.717) is 18.2 Å². The van der Waals surface area contributed by atoms with Crippen LogP contribution in [0.4, 0.5) is 0 Å². The molecule has 0 saturated heterocycles. The van der Waals surface area contributed by atoms with Crippen LogP contribution in [0.15, 0.2) is 0 Å². The van der Waals surface area contributed by atoms with E-state index in [1.54, 1.807) is 4.90 Å². The number of aliphatic carboxylic acids is 1. The van der Waals surface area contributed by atoms with Crippen molar-refractivity contribution in [2.24, 2.45) is 0 Å². The van der Waals surface area contributed by atoms with Crippen molar-refractivity contribution in [3.8, 4) is 0 Å². The van der Waals surface area contributed by atoms with Crippen LogP contribution in [-0.2, 0) is 4.79 Å². The molecule has 0 aromatic rings. The average molecular weight is 195 g/mol. The minimum absolute atomic E-state index is 0.323. The molecule has 1 atom stereocenters. The normalized spacial score (nSPS) is 13.5. The van der Waals surface area contributed by atoms with Gasteiger partial charge < -0.3 is 5.11 Å². The summed E-state index contributed by atoms with van der Waals surface area (Å²) in [6.45, 7) is 2.58. The van der Waals surface area contributed by atoms with E-state index in [9.17, 15) is 4.79 Å². The number of thiol groups is 2. The first-order chi connectivity index (χ1) is 5.17. The van der Waals surface area contributed by atoms with Crippen LogP contribution in [0, 0.1) is 0 Å². The van der Waals surface area contributed by atoms with E-state index in [1.807, 2.05) is 6.92 Å². The lowest BCUT2D eigenvalue weighted by Gasteiger charge is -2.23. The largest absolute Gasteiger partial charge is 0.480 e. The Morgan fingerprint density at radius 1 is 1.64 bits per heavy atom. The first-order valence-corrected chi connectivity index (χ1v) is 4.62. The highest BCUT2D eigenvalue weighted by Crippen LogP contribution is 2.02. The standard InChI is InChI=1S/C6H13NO2S2/c1-2-7(4-11)5(3-10)6(8)9/h5,10-11H,2-4H2,1H3,(H,8,9). The van der Waals surface area contributed by atoms with Gasteiger partial charge in [-0.25, -0.2) is 0 Å². The number of carbonyl (C=O) groups is 1. The fraction of sp³-hybridized carbons (Fsp3) is 0.833. The average Bonchev–Trinajstić information content (AvgIpc) is 1.99. The number of nitrogens with zero attached hydrogens (tertiary/aromatic N) is 1. The summed E-state index contributed by atoms with van der Waals surface area (Å²) in [7, 11) is 0. The molecule has 0 amide bonds. The molecule has 0 fully saturated rings. The fourth-order valence-corrected chi connectivity index (χ4v) is 1.55. The summed E-state index contributed by atoms with van der Waals surface area (Å²) in [5.41, 5.74) is 0. The lowest BCUT2D eigenvalue weighted by atomic mass is 10.3. The second kappa shape index (κ2) is 5.74. The fourth-order valence-electron chi connectivity index (χ4n) is 0.769. The van der Waals surface area contributed by atoms with Gasteiger partial charge in [-0.3, -0.25) is 9.69 Å². The first-order valence-electron chi connectivity index (χ1n) is 3.35. The van der Waals surface area contributed by atoms with Gasteiger partial charge in [0, 0.05) is 11.6 Å². The van der Waals surface area contributed by atoms with Crippen molar-refractivity contribution in [2.75, 3.05) is 18.2 Å². The third-order valence-corrected chi connectivity index (χ3v) is 2.20. The Bertz CT molecular complexity index is 128. The van der Waals surface area contributed by atoms with Gasteiger partial charge in [0.2, 0.25) is 0 Å². The molecule has 0 heterocycles. The van der Waals surface area contributed by atoms with Crippen LogP contribution in [0.2, 0.25) is 0 Å². The summed E-state index contributed by atoms with van der Waals surface area (Å²) < 4.78 is 0. The van der Waals surface area contributed by atoms with E-state index in [-0.39, 0.29) is 0 Å². The maximum atomic E-state index is 10.6. The second-order valence-electron chi connectivity index (χ2n) is 2.08. The summed E-state index contributed by atoms with van der Waals surface area (Å²) in [5.74, 6) is -0.0616. The molecule has 3 nitrogen and oxygen atoms in total. The van der Waals surface area contributed by atoms with Crippen LogP contribution in [0.5, 0.6) is 0 Å². The topological polar surface area (TPSA) is 40.5 Å². The number of rotatable bonds is 5. The quantitative estimate of drug-likeness (QED) is 0.444. The lowest BCUT2D eigenvalue weighted by Crippen LogP contribution is -2.41. The SMILES string of the molecule is CCN(CS)C(CS)C(=O)O. The van der Waals surface area contributed by atoms with Crippen LogP contribution in [-0.4, -0.2) is 40.2 Å². The Morgan fingerprint density at radius 2 is 2.18 bits per heavy atom. The van der Waals surface area contributed by atoms with E-state index < -0.39 is 12.0 Å². The molecule has 5 heteroatoms. The van der Waals surface area contributed by atoms with Gasteiger partial charge in [0.05, 0.1) is 0 Å². The van der Waals surface area contributed by atoms with Crippen LogP contribution in [0.25, 0.3) is 0 Å². The number of likely N-dealkylation sites (N-methyl/N-ethyl adjacent to an activating group) is 1. The van der Waals surface area contributed by atoms with Crippen molar-refractivity contribution in [3.63, 3.8) is 0 Å². The Balaban J connectivity index is 4.09. The molecule has 0 aromatic heterocycles. The Morgan fingerprint density at radius 3 is 2.27 bits per heavy atom. The number of hydrogen-bond donors (Lipinski definition) is 3. The van der Waals surface area contributed by atoms with E-state index in [0.717, 1.165) is 0 Å². The number of hydrogen-bond acceptors (Lipinski definition) is 4. The molecule has 0 aliphatic heterocycles. The van der Waals surface area contributed by atoms with Gasteiger partial charge in [-0.2, -0.15) is 25.3 Å². The molecule has 0 aliphatic rings. The highest BCUT2D eigenvalue weighted by molar-refractivity contribution is 7.80. The number of carboxylic acids is 1. The maximum absolute atomic E-state index is 10.6. The summed E-state index contributed by atoms with van der Waals surface area (Å²) >= 11 is 7.96. The smallest absolute Gasteiger partial charge is 0.321 e. The first kappa shape index (κ1) is 11.1. The Kier molecular flexibility index (Phi) is 5.81. The molecule has 0 bridgehead atoms. The van der Waals surface area contributed by atoms with Gasteiger partial charge in [-0.1, -0.05) is 6.92 Å². The van der Waals surface area contributed by atoms with Gasteiger partial charge in [0.25, 0.3) is 0 Å². The second-order valence-corrected chi connectivity index (χ2v) is 2.73. The molecule has 1 unspecified atom stereocenters. The molecule has 0 radical (unpaired) electrons. The van der Waals surface area contributed by atoms with E-state index in [2.05, 4.69) is 25.3 Å². The van der Waals surface area contributed by atoms with E-state index >= 15 is 0 Å². The zero-order valence-electron chi connectivity index (χ0n) is 6.40. The predicted molar refractivity (Wildman–Crippen MR) is 51.5 cm³/mol. The Hall–Kier alpha value is 0.130. The highest BCUT2D eigenvalue weighted by atomic mass is 32.1. The molecule has 0 aliphatic carbocycles. The summed E-state index contributed by atoms with van der Waals surface area (Å²) in [5, 5.41) is 8.68. The van der Waals surface area contributed by atoms with Crippen molar-refractivity contribution in [3.05, 3.63) is 0 Å². The van der Waals surface area contributed by atoms with Crippen molar-refractivity contribution >= 4 is 31.2 Å². The number of carboxylic acid groups (broad SMARTS) is 1. The monoisotopic (exact) mass is 195 g/mol. The lowest BCUT2D eigenvalue weighted by molar-refractivity contribution is -0.141. The minimum Gasteiger partial charge on any atom is -0.480 e. The molecule has 0 spiro atoms. The molecule has 1 N–H and O–H groups in total. The van der Waals surface area contributed by atoms with Crippen molar-refractivity contribution in [2.45, 2.75) is 13.0 Å². The van der Waals surface area contributed by atoms with Gasteiger partial charge in [0.15, 0.2) is 0 Å². The summed E-state index contributed by atoms with van der Waals surface area (Å²) in [6.07, 6.45) is 0. The molecule has 0 saturated carbocycles. The molecule has 66 valence electrons. The Labute approximate surface area is 77.6 Å². The molecular weight excluding hydrogens is 182 g/mol. The summed E-state index contributed by atoms with van der Waals surface area (Å²) in [6, 6.07) is -0.513. The van der Waals surface area contributed by atoms with Gasteiger partial charge in [-0.15, -0.1) is 0 Å². The third kappa shape index (κ3) is 3.35. The van der Waals surface area contributed by atoms with Crippen LogP contribution in [0.1, 0.15) is 6.92 Å². The van der Waals surface area contributed by atoms with Crippen LogP contribution >= 0.6 is 25.3 Å². The van der Waals surface area contributed by atoms with E-state index in [4.69, 9.17) is 5.11 Å². The van der Waals surface area contributed by atoms with Crippen LogP contribution in [0.3, 0.4) is 0 Å². The maximum Gasteiger partial charge on any atom is 0.321 e. The van der Waals surface area contributed by atoms with Gasteiger partial charge in [0.1, 0.15) is 6.04 Å². The van der Waals surface area contributed by atoms with E-state index in [1.165, 1.54) is 0 Å². The van der Waals surface area contributed by atoms with Crippen molar-refractivity contribution in [1.82, 2.24) is 4.90 Å². The molecule has 0 aromatic carbocycles. The molecule has 11 heavy (non-hydrogen) atoms. The summed E-state index contributed by atoms with van der Waals surface area (Å²) in [4.78, 5) is 12.3. The van der Waals surface area contributed by atoms with Crippen molar-refractivity contribution in [1.29, 1.82) is 0 Å². The zero-order valence-corrected chi connectivity index (χ0v) is 8.18. The van der Waals surface area contributed by atoms with Gasteiger partial charge in [-0.05, 0) is 6.54 Å². The third-order valence-electron chi connectivity index (χ3n) is 1.49. The molecular formula is C6H13NO2S2. The predicted octanol–water partition coefficient (Wildman–Crippen LogP) is 0.579. The molecule has 0 rings (SSSR count). The highest BCUT2D eigenvalue weighted by Gasteiger charge is 2.21. The zero-order chi connectivity index (χ0) is 8.85. The van der Waals surface area contributed by atoms with Gasteiger partial charge >= 0.3 is 5.97 Å².